The number of H-pyrrole nitrogens is 2. The molecule has 12 nitrogen and oxygen atoms in total. The molecular weight excluding hydrogens is 729 g/mol. The van der Waals surface area contributed by atoms with Crippen molar-refractivity contribution in [1.82, 2.24) is 39.5 Å². The summed E-state index contributed by atoms with van der Waals surface area (Å²) in [5, 5.41) is 9.80. The third-order valence-electron chi connectivity index (χ3n) is 12.9. The maximum atomic E-state index is 14.2. The molecule has 3 fully saturated rings. The van der Waals surface area contributed by atoms with Gasteiger partial charge in [0.1, 0.15) is 23.2 Å². The smallest absolute Gasteiger partial charge is 0.407 e. The fourth-order valence-corrected chi connectivity index (χ4v) is 9.59. The van der Waals surface area contributed by atoms with Crippen LogP contribution >= 0.6 is 0 Å². The number of likely N-dealkylation sites (N-methyl/N-ethyl adjacent to an activating group) is 2. The van der Waals surface area contributed by atoms with Crippen LogP contribution in [0.5, 0.6) is 0 Å². The fraction of sp³-hybridized carbons (Fsp3) is 0.413. The van der Waals surface area contributed by atoms with Crippen molar-refractivity contribution >= 4 is 17.9 Å². The Labute approximate surface area is 340 Å². The Morgan fingerprint density at radius 1 is 0.724 bits per heavy atom. The third-order valence-corrected chi connectivity index (χ3v) is 12.9. The summed E-state index contributed by atoms with van der Waals surface area (Å²) in [6, 6.07) is 26.3. The summed E-state index contributed by atoms with van der Waals surface area (Å²) in [7, 11) is 1.53. The van der Waals surface area contributed by atoms with Crippen LogP contribution in [0.15, 0.2) is 91.3 Å². The topological polar surface area (TPSA) is 142 Å². The van der Waals surface area contributed by atoms with Gasteiger partial charge >= 0.3 is 6.09 Å². The maximum absolute atomic E-state index is 14.2. The average Bonchev–Trinajstić information content (AvgIpc) is 4.12. The van der Waals surface area contributed by atoms with E-state index in [0.717, 1.165) is 102 Å². The van der Waals surface area contributed by atoms with Gasteiger partial charge in [0, 0.05) is 20.1 Å². The van der Waals surface area contributed by atoms with Gasteiger partial charge in [-0.3, -0.25) is 19.4 Å². The number of nitrogens with one attached hydrogen (secondary N) is 2. The monoisotopic (exact) mass is 782 g/mol. The van der Waals surface area contributed by atoms with Gasteiger partial charge in [0.2, 0.25) is 11.8 Å². The van der Waals surface area contributed by atoms with Crippen molar-refractivity contribution in [2.24, 2.45) is 0 Å². The molecule has 0 unspecified atom stereocenters. The highest BCUT2D eigenvalue weighted by atomic mass is 16.4. The highest BCUT2D eigenvalue weighted by molar-refractivity contribution is 5.90. The van der Waals surface area contributed by atoms with Crippen molar-refractivity contribution < 1.29 is 19.5 Å². The predicted molar refractivity (Wildman–Crippen MR) is 224 cm³/mol. The molecule has 2 aromatic heterocycles. The molecule has 3 atom stereocenters. The highest BCUT2D eigenvalue weighted by Gasteiger charge is 2.51. The lowest BCUT2D eigenvalue weighted by atomic mass is 9.93. The number of rotatable bonds is 12. The first-order valence-electron chi connectivity index (χ1n) is 20.9. The first-order valence-corrected chi connectivity index (χ1v) is 20.9. The predicted octanol–water partition coefficient (Wildman–Crippen LogP) is 8.47. The number of carbonyl (C=O) groups excluding carboxylic acids is 2. The lowest BCUT2D eigenvalue weighted by molar-refractivity contribution is -0.144. The molecule has 1 aliphatic carbocycles. The second kappa shape index (κ2) is 16.6. The molecular formula is C46H54N8O4. The molecule has 1 saturated carbocycles. The second-order valence-electron chi connectivity index (χ2n) is 16.0. The Morgan fingerprint density at radius 3 is 1.71 bits per heavy atom. The van der Waals surface area contributed by atoms with Crippen molar-refractivity contribution in [3.05, 3.63) is 108 Å². The van der Waals surface area contributed by atoms with Crippen LogP contribution in [0, 0.1) is 0 Å². The third kappa shape index (κ3) is 7.30. The van der Waals surface area contributed by atoms with Gasteiger partial charge in [-0.2, -0.15) is 0 Å². The van der Waals surface area contributed by atoms with Crippen molar-refractivity contribution in [3.63, 3.8) is 0 Å². The molecule has 5 aromatic rings. The van der Waals surface area contributed by atoms with Gasteiger partial charge in [0.15, 0.2) is 0 Å². The normalized spacial score (nSPS) is 19.5. The number of hydrogen-bond donors (Lipinski definition) is 3. The van der Waals surface area contributed by atoms with E-state index >= 15 is 0 Å². The standard InChI is InChI=1S/C46H54N8O4/c1-4-52(5-2)40(35-13-7-6-8-14-35)43(55)53-27-11-15-38(53)41-47-29-36(49-41)33-21-17-31(18-22-33)32-19-23-34(24-20-32)37-30-48-42(50-37)39-16-12-28-54(39)44(56)46(25-9-10-26-46)51(3)45(57)58/h6-8,13-14,17-24,29-30,38-40H,4-5,9-12,15-16,25-28H2,1-3H3,(H,47,49)(H,48,50)(H,57,58)/t38-,39-,40+/m0/s1. The number of imidazole rings is 2. The molecule has 12 heteroatoms. The van der Waals surface area contributed by atoms with Crippen LogP contribution in [-0.2, 0) is 9.59 Å². The summed E-state index contributed by atoms with van der Waals surface area (Å²) in [5.41, 5.74) is 6.00. The minimum atomic E-state index is -1.07. The van der Waals surface area contributed by atoms with E-state index in [1.165, 1.54) is 11.9 Å². The van der Waals surface area contributed by atoms with Crippen LogP contribution in [0.2, 0.25) is 0 Å². The van der Waals surface area contributed by atoms with E-state index < -0.39 is 11.6 Å². The molecule has 2 aliphatic heterocycles. The van der Waals surface area contributed by atoms with E-state index in [1.54, 1.807) is 0 Å². The molecule has 3 N–H and O–H groups in total. The van der Waals surface area contributed by atoms with E-state index in [1.807, 2.05) is 40.4 Å². The fourth-order valence-electron chi connectivity index (χ4n) is 9.59. The Morgan fingerprint density at radius 2 is 1.21 bits per heavy atom. The van der Waals surface area contributed by atoms with Gasteiger partial charge in [0.05, 0.1) is 35.9 Å². The maximum Gasteiger partial charge on any atom is 0.407 e. The molecule has 8 rings (SSSR count). The van der Waals surface area contributed by atoms with E-state index in [9.17, 15) is 19.5 Å². The number of carbonyl (C=O) groups is 3. The molecule has 3 aromatic carbocycles. The largest absolute Gasteiger partial charge is 0.465 e. The first kappa shape index (κ1) is 39.1. The van der Waals surface area contributed by atoms with E-state index in [2.05, 4.69) is 89.4 Å². The van der Waals surface area contributed by atoms with Gasteiger partial charge in [0.25, 0.3) is 0 Å². The Bertz CT molecular complexity index is 2210. The summed E-state index contributed by atoms with van der Waals surface area (Å²) in [5.74, 6) is 1.58. The van der Waals surface area contributed by atoms with Crippen molar-refractivity contribution in [3.8, 4) is 33.6 Å². The molecule has 3 amide bonds. The summed E-state index contributed by atoms with van der Waals surface area (Å²) in [4.78, 5) is 64.1. The minimum Gasteiger partial charge on any atom is -0.465 e. The SMILES string of the molecule is CCN(CC)[C@@H](C(=O)N1CCC[C@H]1c1ncc(-c2ccc(-c3ccc(-c4cnc([C@@H]5CCCN5C(=O)C5(N(C)C(=O)O)CCCC5)[nH]4)cc3)cc2)[nH]1)c1ccccc1. The number of carboxylic acid groups (broad SMARTS) is 1. The van der Waals surface area contributed by atoms with Crippen molar-refractivity contribution in [2.45, 2.75) is 88.9 Å². The second-order valence-corrected chi connectivity index (χ2v) is 16.0. The number of benzene rings is 3. The molecule has 4 heterocycles. The van der Waals surface area contributed by atoms with E-state index in [0.29, 0.717) is 25.9 Å². The summed E-state index contributed by atoms with van der Waals surface area (Å²) in [6.07, 6.45) is 8.86. The number of amides is 3. The molecule has 302 valence electrons. The van der Waals surface area contributed by atoms with Crippen LogP contribution in [0.25, 0.3) is 33.6 Å². The number of nitrogens with zero attached hydrogens (tertiary/aromatic N) is 6. The van der Waals surface area contributed by atoms with Gasteiger partial charge in [-0.15, -0.1) is 0 Å². The van der Waals surface area contributed by atoms with E-state index in [-0.39, 0.29) is 29.9 Å². The minimum absolute atomic E-state index is 0.0961. The Balaban J connectivity index is 0.935. The van der Waals surface area contributed by atoms with Crippen LogP contribution in [0.4, 0.5) is 4.79 Å². The van der Waals surface area contributed by atoms with E-state index in [4.69, 9.17) is 9.97 Å². The first-order chi connectivity index (χ1) is 28.2. The highest BCUT2D eigenvalue weighted by Crippen LogP contribution is 2.41. The lowest BCUT2D eigenvalue weighted by Crippen LogP contribution is -2.58. The number of aromatic nitrogens is 4. The van der Waals surface area contributed by atoms with Crippen molar-refractivity contribution in [2.75, 3.05) is 33.2 Å². The van der Waals surface area contributed by atoms with Gasteiger partial charge in [-0.25, -0.2) is 14.8 Å². The summed E-state index contributed by atoms with van der Waals surface area (Å²) < 4.78 is 0. The average molecular weight is 783 g/mol. The number of likely N-dealkylation sites (tertiary alicyclic amines) is 2. The van der Waals surface area contributed by atoms with Gasteiger partial charge in [-0.1, -0.05) is 106 Å². The zero-order valence-electron chi connectivity index (χ0n) is 33.7. The quantitative estimate of drug-likeness (QED) is 0.115. The Hall–Kier alpha value is -5.75. The van der Waals surface area contributed by atoms with Crippen molar-refractivity contribution in [1.29, 1.82) is 0 Å². The zero-order chi connectivity index (χ0) is 40.4. The van der Waals surface area contributed by atoms with Gasteiger partial charge in [-0.05, 0) is 79.4 Å². The number of aromatic amines is 2. The van der Waals surface area contributed by atoms with Gasteiger partial charge < -0.3 is 24.9 Å². The van der Waals surface area contributed by atoms with Crippen LogP contribution in [-0.4, -0.2) is 101 Å². The summed E-state index contributed by atoms with van der Waals surface area (Å²) in [6.45, 7) is 7.11. The summed E-state index contributed by atoms with van der Waals surface area (Å²) >= 11 is 0. The Kier molecular flexibility index (Phi) is 11.2. The molecule has 58 heavy (non-hydrogen) atoms. The number of hydrogen-bond acceptors (Lipinski definition) is 6. The molecule has 0 bridgehead atoms. The lowest BCUT2D eigenvalue weighted by Gasteiger charge is -2.39. The van der Waals surface area contributed by atoms with Crippen LogP contribution in [0.3, 0.4) is 0 Å². The molecule has 2 saturated heterocycles. The molecule has 0 radical (unpaired) electrons. The molecule has 0 spiro atoms. The molecule has 3 aliphatic rings. The van der Waals surface area contributed by atoms with Crippen LogP contribution < -0.4 is 0 Å². The van der Waals surface area contributed by atoms with Crippen LogP contribution in [0.1, 0.15) is 101 Å². The zero-order valence-corrected chi connectivity index (χ0v) is 33.7.